The maximum atomic E-state index is 8.21. The SMILES string of the molecule is CCC/C=C(/C=C\C=C(/C)N)C(=N)N(NN)C(C)C. The van der Waals surface area contributed by atoms with E-state index < -0.39 is 0 Å². The summed E-state index contributed by atoms with van der Waals surface area (Å²) in [6.45, 7) is 7.87. The van der Waals surface area contributed by atoms with Crippen LogP contribution in [0.15, 0.2) is 35.6 Å². The molecule has 19 heavy (non-hydrogen) atoms. The largest absolute Gasteiger partial charge is 0.402 e. The smallest absolute Gasteiger partial charge is 0.143 e. The normalized spacial score (nSPS) is 13.4. The molecule has 108 valence electrons. The summed E-state index contributed by atoms with van der Waals surface area (Å²) in [6.07, 6.45) is 9.52. The van der Waals surface area contributed by atoms with Gasteiger partial charge in [0.1, 0.15) is 5.84 Å². The van der Waals surface area contributed by atoms with Gasteiger partial charge in [0.25, 0.3) is 0 Å². The van der Waals surface area contributed by atoms with Gasteiger partial charge in [0.2, 0.25) is 0 Å². The first-order valence-electron chi connectivity index (χ1n) is 6.59. The fraction of sp³-hybridized carbons (Fsp3) is 0.500. The molecule has 0 heterocycles. The minimum Gasteiger partial charge on any atom is -0.402 e. The van der Waals surface area contributed by atoms with Gasteiger partial charge in [-0.1, -0.05) is 31.6 Å². The first kappa shape index (κ1) is 17.4. The van der Waals surface area contributed by atoms with Gasteiger partial charge in [0.05, 0.1) is 0 Å². The van der Waals surface area contributed by atoms with Crippen LogP contribution in [-0.4, -0.2) is 16.9 Å². The van der Waals surface area contributed by atoms with Crippen molar-refractivity contribution in [2.45, 2.75) is 46.6 Å². The third-order valence-electron chi connectivity index (χ3n) is 2.46. The molecule has 0 atom stereocenters. The molecule has 0 fully saturated rings. The molecule has 0 unspecified atom stereocenters. The second-order valence-corrected chi connectivity index (χ2v) is 4.66. The number of hydrogen-bond acceptors (Lipinski definition) is 4. The number of unbranched alkanes of at least 4 members (excludes halogenated alkanes) is 1. The minimum atomic E-state index is 0.0997. The van der Waals surface area contributed by atoms with Gasteiger partial charge >= 0.3 is 0 Å². The van der Waals surface area contributed by atoms with Gasteiger partial charge in [-0.25, -0.2) is 0 Å². The van der Waals surface area contributed by atoms with Crippen LogP contribution in [0.1, 0.15) is 40.5 Å². The summed E-state index contributed by atoms with van der Waals surface area (Å²) in [5, 5.41) is 9.83. The average Bonchev–Trinajstić information content (AvgIpc) is 2.33. The Kier molecular flexibility index (Phi) is 8.57. The van der Waals surface area contributed by atoms with E-state index in [1.54, 1.807) is 5.01 Å². The molecule has 0 saturated carbocycles. The van der Waals surface area contributed by atoms with Gasteiger partial charge in [-0.05, 0) is 33.3 Å². The van der Waals surface area contributed by atoms with Crippen molar-refractivity contribution in [3.8, 4) is 0 Å². The Morgan fingerprint density at radius 1 is 1.42 bits per heavy atom. The molecule has 0 rings (SSSR count). The summed E-state index contributed by atoms with van der Waals surface area (Å²) in [5.41, 5.74) is 9.69. The van der Waals surface area contributed by atoms with E-state index in [1.165, 1.54) is 0 Å². The molecule has 0 aliphatic heterocycles. The number of nitrogens with zero attached hydrogens (tertiary/aromatic N) is 1. The fourth-order valence-corrected chi connectivity index (χ4v) is 1.46. The first-order chi connectivity index (χ1) is 8.93. The summed E-state index contributed by atoms with van der Waals surface area (Å²) in [5.74, 6) is 5.82. The third kappa shape index (κ3) is 6.79. The van der Waals surface area contributed by atoms with Crippen LogP contribution >= 0.6 is 0 Å². The molecular weight excluding hydrogens is 238 g/mol. The molecule has 5 heteroatoms. The maximum Gasteiger partial charge on any atom is 0.143 e. The highest BCUT2D eigenvalue weighted by Crippen LogP contribution is 2.08. The lowest BCUT2D eigenvalue weighted by atomic mass is 10.1. The Morgan fingerprint density at radius 2 is 2.05 bits per heavy atom. The predicted octanol–water partition coefficient (Wildman–Crippen LogP) is 2.20. The van der Waals surface area contributed by atoms with Crippen molar-refractivity contribution in [2.24, 2.45) is 11.6 Å². The van der Waals surface area contributed by atoms with Crippen LogP contribution in [0, 0.1) is 5.41 Å². The monoisotopic (exact) mass is 265 g/mol. The lowest BCUT2D eigenvalue weighted by Crippen LogP contribution is -2.50. The van der Waals surface area contributed by atoms with Gasteiger partial charge in [-0.15, -0.1) is 0 Å². The quantitative estimate of drug-likeness (QED) is 0.187. The van der Waals surface area contributed by atoms with Crippen LogP contribution in [0.2, 0.25) is 0 Å². The summed E-state index contributed by atoms with van der Waals surface area (Å²) < 4.78 is 0. The van der Waals surface area contributed by atoms with E-state index in [4.69, 9.17) is 17.0 Å². The van der Waals surface area contributed by atoms with Crippen molar-refractivity contribution in [1.29, 1.82) is 5.41 Å². The zero-order chi connectivity index (χ0) is 14.8. The molecule has 0 radical (unpaired) electrons. The molecule has 0 saturated heterocycles. The summed E-state index contributed by atoms with van der Waals surface area (Å²) >= 11 is 0. The summed E-state index contributed by atoms with van der Waals surface area (Å²) in [4.78, 5) is 0. The molecule has 0 spiro atoms. The van der Waals surface area contributed by atoms with Crippen LogP contribution in [0.25, 0.3) is 0 Å². The second-order valence-electron chi connectivity index (χ2n) is 4.66. The number of amidine groups is 1. The van der Waals surface area contributed by atoms with E-state index in [9.17, 15) is 0 Å². The van der Waals surface area contributed by atoms with Gasteiger partial charge in [-0.2, -0.15) is 5.53 Å². The molecule has 0 aliphatic carbocycles. The van der Waals surface area contributed by atoms with E-state index in [1.807, 2.05) is 45.1 Å². The predicted molar refractivity (Wildman–Crippen MR) is 82.1 cm³/mol. The van der Waals surface area contributed by atoms with E-state index in [0.717, 1.165) is 24.1 Å². The number of allylic oxidation sites excluding steroid dienone is 4. The van der Waals surface area contributed by atoms with E-state index in [0.29, 0.717) is 5.84 Å². The Hall–Kier alpha value is -1.59. The molecule has 6 N–H and O–H groups in total. The third-order valence-corrected chi connectivity index (χ3v) is 2.46. The maximum absolute atomic E-state index is 8.21. The van der Waals surface area contributed by atoms with Gasteiger partial charge in [-0.3, -0.25) is 16.3 Å². The average molecular weight is 265 g/mol. The lowest BCUT2D eigenvalue weighted by Gasteiger charge is -2.27. The number of hydrogen-bond donors (Lipinski definition) is 4. The zero-order valence-corrected chi connectivity index (χ0v) is 12.4. The molecule has 5 nitrogen and oxygen atoms in total. The van der Waals surface area contributed by atoms with Gasteiger partial charge < -0.3 is 5.73 Å². The topological polar surface area (TPSA) is 91.2 Å². The lowest BCUT2D eigenvalue weighted by molar-refractivity contribution is 0.257. The van der Waals surface area contributed by atoms with E-state index in [2.05, 4.69) is 12.5 Å². The number of rotatable bonds is 7. The van der Waals surface area contributed by atoms with Crippen molar-refractivity contribution in [3.63, 3.8) is 0 Å². The van der Waals surface area contributed by atoms with Crippen molar-refractivity contribution in [2.75, 3.05) is 0 Å². The number of nitrogens with one attached hydrogen (secondary N) is 2. The highest BCUT2D eigenvalue weighted by Gasteiger charge is 2.14. The second kappa shape index (κ2) is 9.35. The van der Waals surface area contributed by atoms with Crippen LogP contribution in [0.5, 0.6) is 0 Å². The molecule has 0 aromatic carbocycles. The highest BCUT2D eigenvalue weighted by atomic mass is 15.6. The summed E-state index contributed by atoms with van der Waals surface area (Å²) in [6, 6.07) is 0.0997. The number of nitrogens with two attached hydrogens (primary N) is 2. The van der Waals surface area contributed by atoms with Crippen LogP contribution < -0.4 is 17.1 Å². The summed E-state index contributed by atoms with van der Waals surface area (Å²) in [7, 11) is 0. The Balaban J connectivity index is 5.09. The molecule has 0 aliphatic rings. The molecule has 0 aromatic rings. The van der Waals surface area contributed by atoms with Gasteiger partial charge in [0, 0.05) is 17.3 Å². The standard InChI is InChI=1S/C14H27N5/c1-5-6-9-13(10-7-8-12(4)15)14(16)19(18-17)11(2)3/h7-11,16,18H,5-6,15,17H2,1-4H3/b10-7-,12-8+,13-9-,16-14?. The Bertz CT molecular complexity index is 362. The minimum absolute atomic E-state index is 0.0997. The van der Waals surface area contributed by atoms with Crippen LogP contribution in [0.4, 0.5) is 0 Å². The molecule has 0 aromatic heterocycles. The van der Waals surface area contributed by atoms with Crippen molar-refractivity contribution < 1.29 is 0 Å². The van der Waals surface area contributed by atoms with Crippen LogP contribution in [-0.2, 0) is 0 Å². The van der Waals surface area contributed by atoms with E-state index in [-0.39, 0.29) is 6.04 Å². The molecule has 0 amide bonds. The van der Waals surface area contributed by atoms with Crippen LogP contribution in [0.3, 0.4) is 0 Å². The zero-order valence-electron chi connectivity index (χ0n) is 12.4. The van der Waals surface area contributed by atoms with Crippen molar-refractivity contribution in [3.05, 3.63) is 35.6 Å². The highest BCUT2D eigenvalue weighted by molar-refractivity contribution is 5.98. The Morgan fingerprint density at radius 3 is 2.47 bits per heavy atom. The first-order valence-corrected chi connectivity index (χ1v) is 6.59. The fourth-order valence-electron chi connectivity index (χ4n) is 1.46. The Labute approximate surface area is 116 Å². The number of hydrazine groups is 2. The van der Waals surface area contributed by atoms with E-state index >= 15 is 0 Å². The van der Waals surface area contributed by atoms with Crippen molar-refractivity contribution in [1.82, 2.24) is 10.5 Å². The molecular formula is C14H27N5. The van der Waals surface area contributed by atoms with Crippen molar-refractivity contribution >= 4 is 5.84 Å². The molecule has 0 bridgehead atoms. The van der Waals surface area contributed by atoms with Gasteiger partial charge in [0.15, 0.2) is 0 Å².